The number of hydrogen-bond acceptors (Lipinski definition) is 5. The van der Waals surface area contributed by atoms with Crippen molar-refractivity contribution in [2.75, 3.05) is 13.2 Å². The second-order valence-electron chi connectivity index (χ2n) is 7.35. The summed E-state index contributed by atoms with van der Waals surface area (Å²) in [5.41, 5.74) is -0.795. The van der Waals surface area contributed by atoms with Crippen LogP contribution in [0, 0.1) is 0 Å². The second kappa shape index (κ2) is 9.25. The molecule has 0 fully saturated rings. The minimum atomic E-state index is -1.26. The van der Waals surface area contributed by atoms with Crippen molar-refractivity contribution < 1.29 is 24.2 Å². The number of carbonyl (C=O) groups excluding carboxylic acids is 1. The van der Waals surface area contributed by atoms with Gasteiger partial charge >= 0.3 is 12.1 Å². The highest BCUT2D eigenvalue weighted by Crippen LogP contribution is 2.13. The monoisotopic (exact) mass is 390 g/mol. The van der Waals surface area contributed by atoms with E-state index in [1.807, 2.05) is 20.8 Å². The summed E-state index contributed by atoms with van der Waals surface area (Å²) < 4.78 is 12.1. The molecule has 2 N–H and O–H groups in total. The maximum absolute atomic E-state index is 12.2. The van der Waals surface area contributed by atoms with E-state index in [9.17, 15) is 14.4 Å². The minimum Gasteiger partial charge on any atom is -0.492 e. The van der Waals surface area contributed by atoms with E-state index in [0.29, 0.717) is 24.4 Å². The Labute approximate surface area is 163 Å². The Morgan fingerprint density at radius 3 is 2.50 bits per heavy atom. The first-order valence-electron chi connectivity index (χ1n) is 9.16. The number of carboxylic acids is 1. The van der Waals surface area contributed by atoms with Gasteiger partial charge in [-0.1, -0.05) is 0 Å². The number of ether oxygens (including phenoxy) is 2. The summed E-state index contributed by atoms with van der Waals surface area (Å²) in [6.45, 7) is 6.41. The number of rotatable bonds is 8. The number of carbonyl (C=O) groups is 2. The van der Waals surface area contributed by atoms with Crippen LogP contribution in [0.4, 0.5) is 4.79 Å². The molecule has 1 amide bonds. The summed E-state index contributed by atoms with van der Waals surface area (Å²) in [5, 5.41) is 11.8. The number of pyridine rings is 2. The lowest BCUT2D eigenvalue weighted by Crippen LogP contribution is -2.33. The number of nitrogens with one attached hydrogen (secondary N) is 1. The van der Waals surface area contributed by atoms with Crippen LogP contribution in [-0.2, 0) is 4.74 Å². The van der Waals surface area contributed by atoms with Crippen LogP contribution in [-0.4, -0.2) is 40.3 Å². The molecule has 0 aliphatic rings. The molecule has 2 rings (SSSR count). The topological polar surface area (TPSA) is 106 Å². The van der Waals surface area contributed by atoms with Gasteiger partial charge in [0.2, 0.25) is 0 Å². The smallest absolute Gasteiger partial charge is 0.407 e. The van der Waals surface area contributed by atoms with Crippen molar-refractivity contribution in [3.63, 3.8) is 0 Å². The number of aromatic nitrogens is 1. The first-order valence-corrected chi connectivity index (χ1v) is 9.16. The molecule has 28 heavy (non-hydrogen) atoms. The average Bonchev–Trinajstić information content (AvgIpc) is 2.59. The maximum Gasteiger partial charge on any atom is 0.407 e. The fourth-order valence-electron chi connectivity index (χ4n) is 2.52. The molecule has 0 aromatic carbocycles. The number of nitrogens with zero attached hydrogens (tertiary/aromatic N) is 1. The third kappa shape index (κ3) is 6.29. The number of carboxylic acid groups (broad SMARTS) is 1. The quantitative estimate of drug-likeness (QED) is 0.671. The average molecular weight is 390 g/mol. The van der Waals surface area contributed by atoms with E-state index in [1.165, 1.54) is 16.7 Å². The van der Waals surface area contributed by atoms with Crippen LogP contribution in [0.15, 0.2) is 35.3 Å². The van der Waals surface area contributed by atoms with Gasteiger partial charge in [0, 0.05) is 12.1 Å². The predicted molar refractivity (Wildman–Crippen MR) is 104 cm³/mol. The molecule has 0 aliphatic heterocycles. The normalized spacial score (nSPS) is 11.2. The van der Waals surface area contributed by atoms with Crippen molar-refractivity contribution in [3.8, 4) is 5.75 Å². The Kier molecular flexibility index (Phi) is 7.03. The largest absolute Gasteiger partial charge is 0.492 e. The van der Waals surface area contributed by atoms with E-state index in [1.54, 1.807) is 18.2 Å². The zero-order chi connectivity index (χ0) is 20.7. The third-order valence-corrected chi connectivity index (χ3v) is 3.81. The molecule has 0 atom stereocenters. The molecule has 0 radical (unpaired) electrons. The maximum atomic E-state index is 12.2. The van der Waals surface area contributed by atoms with E-state index in [2.05, 4.69) is 5.32 Å². The van der Waals surface area contributed by atoms with Crippen LogP contribution in [0.1, 0.15) is 50.4 Å². The van der Waals surface area contributed by atoms with Gasteiger partial charge in [-0.2, -0.15) is 0 Å². The molecule has 0 saturated heterocycles. The van der Waals surface area contributed by atoms with E-state index >= 15 is 0 Å². The zero-order valence-electron chi connectivity index (χ0n) is 16.4. The number of aromatic carboxylic acids is 1. The van der Waals surface area contributed by atoms with Crippen LogP contribution >= 0.6 is 0 Å². The number of unbranched alkanes of at least 4 members (excludes halogenated alkanes) is 2. The molecule has 2 aromatic heterocycles. The van der Waals surface area contributed by atoms with Crippen LogP contribution in [0.5, 0.6) is 5.75 Å². The van der Waals surface area contributed by atoms with Gasteiger partial charge in [-0.25, -0.2) is 9.59 Å². The highest BCUT2D eigenvalue weighted by Gasteiger charge is 2.15. The summed E-state index contributed by atoms with van der Waals surface area (Å²) in [6.07, 6.45) is 3.49. The van der Waals surface area contributed by atoms with Gasteiger partial charge < -0.3 is 19.9 Å². The summed E-state index contributed by atoms with van der Waals surface area (Å²) in [4.78, 5) is 34.8. The van der Waals surface area contributed by atoms with Gasteiger partial charge in [-0.3, -0.25) is 9.20 Å². The molecule has 0 unspecified atom stereocenters. The van der Waals surface area contributed by atoms with Gasteiger partial charge in [-0.05, 0) is 64.3 Å². The number of fused-ring (bicyclic) bond motifs is 1. The number of alkyl carbamates (subject to hydrolysis) is 1. The van der Waals surface area contributed by atoms with E-state index in [0.717, 1.165) is 19.3 Å². The van der Waals surface area contributed by atoms with Crippen molar-refractivity contribution in [1.29, 1.82) is 0 Å². The van der Waals surface area contributed by atoms with E-state index < -0.39 is 23.2 Å². The Morgan fingerprint density at radius 2 is 1.82 bits per heavy atom. The molecule has 152 valence electrons. The van der Waals surface area contributed by atoms with E-state index in [-0.39, 0.29) is 5.56 Å². The Bertz CT molecular complexity index is 898. The lowest BCUT2D eigenvalue weighted by Gasteiger charge is -2.19. The molecule has 8 nitrogen and oxygen atoms in total. The Morgan fingerprint density at radius 1 is 1.11 bits per heavy atom. The van der Waals surface area contributed by atoms with Gasteiger partial charge in [0.15, 0.2) is 0 Å². The highest BCUT2D eigenvalue weighted by molar-refractivity contribution is 5.87. The Balaban J connectivity index is 1.77. The predicted octanol–water partition coefficient (Wildman–Crippen LogP) is 3.07. The highest BCUT2D eigenvalue weighted by atomic mass is 16.6. The third-order valence-electron chi connectivity index (χ3n) is 3.81. The van der Waals surface area contributed by atoms with Crippen LogP contribution in [0.2, 0.25) is 0 Å². The van der Waals surface area contributed by atoms with E-state index in [4.69, 9.17) is 14.6 Å². The zero-order valence-corrected chi connectivity index (χ0v) is 16.4. The van der Waals surface area contributed by atoms with Gasteiger partial charge in [0.25, 0.3) is 5.56 Å². The van der Waals surface area contributed by atoms with Crippen LogP contribution < -0.4 is 15.6 Å². The summed E-state index contributed by atoms with van der Waals surface area (Å²) in [5.74, 6) is -0.769. The van der Waals surface area contributed by atoms with Crippen molar-refractivity contribution >= 4 is 17.6 Å². The van der Waals surface area contributed by atoms with Crippen LogP contribution in [0.25, 0.3) is 5.52 Å². The molecule has 0 spiro atoms. The van der Waals surface area contributed by atoms with Crippen LogP contribution in [0.3, 0.4) is 0 Å². The molecule has 0 bridgehead atoms. The van der Waals surface area contributed by atoms with Gasteiger partial charge in [0.05, 0.1) is 12.8 Å². The van der Waals surface area contributed by atoms with Crippen molar-refractivity contribution in [2.24, 2.45) is 0 Å². The van der Waals surface area contributed by atoms with Gasteiger partial charge in [-0.15, -0.1) is 0 Å². The Hall–Kier alpha value is -3.03. The fourth-order valence-corrected chi connectivity index (χ4v) is 2.52. The molecule has 0 aliphatic carbocycles. The first kappa shape index (κ1) is 21.3. The summed E-state index contributed by atoms with van der Waals surface area (Å²) in [7, 11) is 0. The lowest BCUT2D eigenvalue weighted by molar-refractivity contribution is 0.0526. The first-order chi connectivity index (χ1) is 13.2. The SMILES string of the molecule is CC(C)(C)OC(=O)NCCCCCOc1ccc2ccc(C(=O)O)c(=O)n2c1. The lowest BCUT2D eigenvalue weighted by atomic mass is 10.2. The molecular weight excluding hydrogens is 364 g/mol. The molecule has 8 heteroatoms. The fraction of sp³-hybridized carbons (Fsp3) is 0.450. The molecule has 0 saturated carbocycles. The summed E-state index contributed by atoms with van der Waals surface area (Å²) >= 11 is 0. The number of amides is 1. The summed E-state index contributed by atoms with van der Waals surface area (Å²) in [6, 6.07) is 6.31. The molecule has 2 heterocycles. The van der Waals surface area contributed by atoms with Gasteiger partial charge in [0.1, 0.15) is 16.9 Å². The van der Waals surface area contributed by atoms with Crippen molar-refractivity contribution in [2.45, 2.75) is 45.6 Å². The standard InChI is InChI=1S/C20H26N2O6/c1-20(2,3)28-19(26)21-11-5-4-6-12-27-15-9-7-14-8-10-16(18(24)25)17(23)22(14)13-15/h7-10,13H,4-6,11-12H2,1-3H3,(H,21,26)(H,24,25). The van der Waals surface area contributed by atoms with Crippen molar-refractivity contribution in [3.05, 3.63) is 46.4 Å². The van der Waals surface area contributed by atoms with Crippen molar-refractivity contribution in [1.82, 2.24) is 9.72 Å². The molecular formula is C20H26N2O6. The second-order valence-corrected chi connectivity index (χ2v) is 7.35. The number of hydrogen-bond donors (Lipinski definition) is 2. The molecule has 2 aromatic rings. The minimum absolute atomic E-state index is 0.285.